The van der Waals surface area contributed by atoms with Crippen molar-refractivity contribution in [2.45, 2.75) is 39.2 Å². The second-order valence-electron chi connectivity index (χ2n) is 5.05. The third-order valence-corrected chi connectivity index (χ3v) is 3.96. The lowest BCUT2D eigenvalue weighted by Crippen LogP contribution is -2.24. The summed E-state index contributed by atoms with van der Waals surface area (Å²) in [5, 5.41) is 3.86. The molecule has 0 bridgehead atoms. The second-order valence-corrected chi connectivity index (χ2v) is 5.46. The van der Waals surface area contributed by atoms with Crippen LogP contribution in [0.5, 0.6) is 0 Å². The molecule has 0 spiro atoms. The summed E-state index contributed by atoms with van der Waals surface area (Å²) in [5.74, 6) is -0.217. The fourth-order valence-electron chi connectivity index (χ4n) is 2.38. The average Bonchev–Trinajstić information content (AvgIpc) is 3.03. The highest BCUT2D eigenvalue weighted by atomic mass is 35.5. The Hall–Kier alpha value is -0.600. The van der Waals surface area contributed by atoms with Crippen molar-refractivity contribution in [2.75, 3.05) is 6.54 Å². The van der Waals surface area contributed by atoms with E-state index in [2.05, 4.69) is 12.2 Å². The highest BCUT2D eigenvalue weighted by Gasteiger charge is 2.40. The third kappa shape index (κ3) is 3.20. The molecule has 3 heteroatoms. The summed E-state index contributed by atoms with van der Waals surface area (Å²) in [5.41, 5.74) is 1.08. The van der Waals surface area contributed by atoms with E-state index >= 15 is 0 Å². The molecule has 1 nitrogen and oxygen atoms in total. The predicted molar refractivity (Wildman–Crippen MR) is 69.7 cm³/mol. The quantitative estimate of drug-likeness (QED) is 0.805. The summed E-state index contributed by atoms with van der Waals surface area (Å²) in [4.78, 5) is 0. The van der Waals surface area contributed by atoms with Crippen LogP contribution in [0.4, 0.5) is 4.39 Å². The lowest BCUT2D eigenvalue weighted by Gasteiger charge is -2.15. The molecule has 1 aromatic carbocycles. The zero-order valence-corrected chi connectivity index (χ0v) is 11.0. The SMILES string of the molecule is CCCC1(CNCc2c(F)cccc2Cl)CC1. The molecule has 94 valence electrons. The Bertz CT molecular complexity index is 368. The molecular weight excluding hydrogens is 237 g/mol. The standard InChI is InChI=1S/C14H19ClFN/c1-2-6-14(7-8-14)10-17-9-11-12(15)4-3-5-13(11)16/h3-5,17H,2,6-10H2,1H3. The van der Waals surface area contributed by atoms with Crippen LogP contribution in [0.3, 0.4) is 0 Å². The van der Waals surface area contributed by atoms with Gasteiger partial charge in [0.05, 0.1) is 0 Å². The molecule has 0 saturated heterocycles. The summed E-state index contributed by atoms with van der Waals surface area (Å²) < 4.78 is 13.5. The highest BCUT2D eigenvalue weighted by molar-refractivity contribution is 6.31. The van der Waals surface area contributed by atoms with E-state index in [0.29, 0.717) is 22.5 Å². The summed E-state index contributed by atoms with van der Waals surface area (Å²) in [6.07, 6.45) is 5.10. The molecule has 1 aliphatic rings. The van der Waals surface area contributed by atoms with Crippen molar-refractivity contribution < 1.29 is 4.39 Å². The van der Waals surface area contributed by atoms with Gasteiger partial charge in [-0.15, -0.1) is 0 Å². The minimum absolute atomic E-state index is 0.217. The number of hydrogen-bond acceptors (Lipinski definition) is 1. The zero-order valence-electron chi connectivity index (χ0n) is 10.2. The minimum atomic E-state index is -0.217. The Labute approximate surface area is 107 Å². The lowest BCUT2D eigenvalue weighted by atomic mass is 10.0. The highest BCUT2D eigenvalue weighted by Crippen LogP contribution is 2.48. The van der Waals surface area contributed by atoms with E-state index in [1.807, 2.05) is 0 Å². The predicted octanol–water partition coefficient (Wildman–Crippen LogP) is 4.15. The summed E-state index contributed by atoms with van der Waals surface area (Å²) in [6.45, 7) is 3.72. The molecule has 0 amide bonds. The Morgan fingerprint density at radius 2 is 2.18 bits per heavy atom. The van der Waals surface area contributed by atoms with E-state index in [-0.39, 0.29) is 5.82 Å². The van der Waals surface area contributed by atoms with E-state index in [0.717, 1.165) is 6.54 Å². The van der Waals surface area contributed by atoms with Gasteiger partial charge in [-0.1, -0.05) is 31.0 Å². The van der Waals surface area contributed by atoms with Gasteiger partial charge in [-0.05, 0) is 36.8 Å². The molecule has 0 heterocycles. The van der Waals surface area contributed by atoms with Crippen molar-refractivity contribution in [3.8, 4) is 0 Å². The van der Waals surface area contributed by atoms with Crippen molar-refractivity contribution in [1.82, 2.24) is 5.32 Å². The minimum Gasteiger partial charge on any atom is -0.312 e. The maximum atomic E-state index is 13.5. The van der Waals surface area contributed by atoms with Crippen molar-refractivity contribution in [1.29, 1.82) is 0 Å². The number of halogens is 2. The molecule has 0 unspecified atom stereocenters. The molecule has 1 N–H and O–H groups in total. The van der Waals surface area contributed by atoms with Crippen LogP contribution in [0.1, 0.15) is 38.2 Å². The maximum absolute atomic E-state index is 13.5. The third-order valence-electron chi connectivity index (χ3n) is 3.60. The summed E-state index contributed by atoms with van der Waals surface area (Å²) >= 11 is 5.98. The van der Waals surface area contributed by atoms with E-state index < -0.39 is 0 Å². The molecule has 2 rings (SSSR count). The van der Waals surface area contributed by atoms with E-state index in [1.165, 1.54) is 31.7 Å². The smallest absolute Gasteiger partial charge is 0.129 e. The molecule has 17 heavy (non-hydrogen) atoms. The first-order valence-electron chi connectivity index (χ1n) is 6.30. The molecule has 0 radical (unpaired) electrons. The maximum Gasteiger partial charge on any atom is 0.129 e. The summed E-state index contributed by atoms with van der Waals surface area (Å²) in [7, 11) is 0. The monoisotopic (exact) mass is 255 g/mol. The van der Waals surface area contributed by atoms with Crippen LogP contribution >= 0.6 is 11.6 Å². The Kier molecular flexibility index (Phi) is 4.05. The molecule has 1 saturated carbocycles. The first kappa shape index (κ1) is 12.8. The molecule has 0 atom stereocenters. The van der Waals surface area contributed by atoms with Gasteiger partial charge in [0.1, 0.15) is 5.82 Å². The van der Waals surface area contributed by atoms with Gasteiger partial charge in [-0.25, -0.2) is 4.39 Å². The van der Waals surface area contributed by atoms with E-state index in [1.54, 1.807) is 12.1 Å². The molecular formula is C14H19ClFN. The molecule has 1 fully saturated rings. The fraction of sp³-hybridized carbons (Fsp3) is 0.571. The zero-order chi connectivity index (χ0) is 12.3. The van der Waals surface area contributed by atoms with Crippen LogP contribution < -0.4 is 5.32 Å². The second kappa shape index (κ2) is 5.36. The number of rotatable bonds is 6. The van der Waals surface area contributed by atoms with Gasteiger partial charge in [0.25, 0.3) is 0 Å². The first-order chi connectivity index (χ1) is 8.17. The van der Waals surface area contributed by atoms with Crippen LogP contribution in [0.25, 0.3) is 0 Å². The first-order valence-corrected chi connectivity index (χ1v) is 6.68. The van der Waals surface area contributed by atoms with E-state index in [4.69, 9.17) is 11.6 Å². The van der Waals surface area contributed by atoms with Crippen molar-refractivity contribution >= 4 is 11.6 Å². The molecule has 0 aromatic heterocycles. The fourth-order valence-corrected chi connectivity index (χ4v) is 2.61. The van der Waals surface area contributed by atoms with Gasteiger partial charge in [-0.2, -0.15) is 0 Å². The number of hydrogen-bond donors (Lipinski definition) is 1. The topological polar surface area (TPSA) is 12.0 Å². The van der Waals surface area contributed by atoms with Gasteiger partial charge in [0.15, 0.2) is 0 Å². The number of benzene rings is 1. The van der Waals surface area contributed by atoms with Crippen LogP contribution in [0, 0.1) is 11.2 Å². The van der Waals surface area contributed by atoms with Gasteiger partial charge < -0.3 is 5.32 Å². The van der Waals surface area contributed by atoms with Crippen molar-refractivity contribution in [3.63, 3.8) is 0 Å². The Morgan fingerprint density at radius 1 is 1.41 bits per heavy atom. The van der Waals surface area contributed by atoms with Crippen LogP contribution in [-0.2, 0) is 6.54 Å². The largest absolute Gasteiger partial charge is 0.312 e. The number of nitrogens with one attached hydrogen (secondary N) is 1. The Balaban J connectivity index is 1.86. The van der Waals surface area contributed by atoms with Gasteiger partial charge in [-0.3, -0.25) is 0 Å². The van der Waals surface area contributed by atoms with E-state index in [9.17, 15) is 4.39 Å². The van der Waals surface area contributed by atoms with Crippen LogP contribution in [0.2, 0.25) is 5.02 Å². The van der Waals surface area contributed by atoms with Crippen LogP contribution in [-0.4, -0.2) is 6.54 Å². The van der Waals surface area contributed by atoms with Crippen LogP contribution in [0.15, 0.2) is 18.2 Å². The van der Waals surface area contributed by atoms with Gasteiger partial charge in [0.2, 0.25) is 0 Å². The molecule has 1 aromatic rings. The van der Waals surface area contributed by atoms with Gasteiger partial charge >= 0.3 is 0 Å². The van der Waals surface area contributed by atoms with Crippen molar-refractivity contribution in [2.24, 2.45) is 5.41 Å². The molecule has 1 aliphatic carbocycles. The lowest BCUT2D eigenvalue weighted by molar-refractivity contribution is 0.418. The van der Waals surface area contributed by atoms with Crippen molar-refractivity contribution in [3.05, 3.63) is 34.6 Å². The Morgan fingerprint density at radius 3 is 2.76 bits per heavy atom. The normalized spacial score (nSPS) is 17.1. The van der Waals surface area contributed by atoms with Gasteiger partial charge in [0, 0.05) is 23.7 Å². The average molecular weight is 256 g/mol. The summed E-state index contributed by atoms with van der Waals surface area (Å²) in [6, 6.07) is 4.84. The molecule has 0 aliphatic heterocycles.